The summed E-state index contributed by atoms with van der Waals surface area (Å²) in [6.45, 7) is 1.60. The molecule has 2 rings (SSSR count). The van der Waals surface area contributed by atoms with Crippen LogP contribution >= 0.6 is 11.6 Å². The molecule has 1 unspecified atom stereocenters. The number of nitrogen functional groups attached to an aromatic ring is 1. The van der Waals surface area contributed by atoms with E-state index in [-0.39, 0.29) is 0 Å². The third-order valence-corrected chi connectivity index (χ3v) is 2.78. The topological polar surface area (TPSA) is 48.1 Å². The van der Waals surface area contributed by atoms with E-state index in [9.17, 15) is 0 Å². The summed E-state index contributed by atoms with van der Waals surface area (Å²) in [6, 6.07) is 3.74. The number of pyridine rings is 1. The van der Waals surface area contributed by atoms with Crippen molar-refractivity contribution in [3.63, 3.8) is 0 Å². The molecule has 1 aliphatic rings. The molecule has 2 heterocycles. The zero-order valence-corrected chi connectivity index (χ0v) is 8.63. The first-order valence-corrected chi connectivity index (χ1v) is 5.15. The minimum Gasteiger partial charge on any atom is -0.396 e. The molecule has 14 heavy (non-hydrogen) atoms. The van der Waals surface area contributed by atoms with Crippen LogP contribution in [0.4, 0.5) is 5.69 Å². The average molecular weight is 213 g/mol. The predicted molar refractivity (Wildman–Crippen MR) is 56.5 cm³/mol. The number of halogens is 1. The van der Waals surface area contributed by atoms with Crippen LogP contribution < -0.4 is 5.73 Å². The molecule has 0 aromatic carbocycles. The summed E-state index contributed by atoms with van der Waals surface area (Å²) in [7, 11) is 0. The van der Waals surface area contributed by atoms with E-state index < -0.39 is 0 Å². The predicted octanol–water partition coefficient (Wildman–Crippen LogP) is 2.21. The molecule has 1 aromatic rings. The number of rotatable bonds is 1. The number of hydrogen-bond donors (Lipinski definition) is 1. The zero-order chi connectivity index (χ0) is 9.97. The van der Waals surface area contributed by atoms with E-state index in [1.807, 2.05) is 6.07 Å². The Hall–Kier alpha value is -0.800. The minimum absolute atomic E-state index is 0.377. The van der Waals surface area contributed by atoms with E-state index in [1.54, 1.807) is 6.07 Å². The fourth-order valence-corrected chi connectivity index (χ4v) is 1.82. The Balaban J connectivity index is 2.18. The molecular formula is C10H13ClN2O. The Kier molecular flexibility index (Phi) is 2.89. The van der Waals surface area contributed by atoms with Gasteiger partial charge in [0.1, 0.15) is 0 Å². The second-order valence-electron chi connectivity index (χ2n) is 3.53. The average Bonchev–Trinajstić information content (AvgIpc) is 2.23. The molecule has 76 valence electrons. The van der Waals surface area contributed by atoms with Crippen molar-refractivity contribution in [3.05, 3.63) is 23.0 Å². The first kappa shape index (κ1) is 9.74. The number of nitrogens with zero attached hydrogens (tertiary/aromatic N) is 1. The van der Waals surface area contributed by atoms with Crippen molar-refractivity contribution in [2.75, 3.05) is 18.9 Å². The summed E-state index contributed by atoms with van der Waals surface area (Å²) in [5.41, 5.74) is 7.12. The van der Waals surface area contributed by atoms with Crippen LogP contribution in [0.15, 0.2) is 12.1 Å². The second kappa shape index (κ2) is 4.15. The molecule has 0 aliphatic carbocycles. The molecule has 1 aliphatic heterocycles. The van der Waals surface area contributed by atoms with Crippen LogP contribution in [0.3, 0.4) is 0 Å². The largest absolute Gasteiger partial charge is 0.396 e. The number of aromatic nitrogens is 1. The van der Waals surface area contributed by atoms with Gasteiger partial charge in [0.2, 0.25) is 0 Å². The van der Waals surface area contributed by atoms with Crippen molar-refractivity contribution in [2.45, 2.75) is 18.8 Å². The van der Waals surface area contributed by atoms with Gasteiger partial charge in [0.15, 0.2) is 5.15 Å². The van der Waals surface area contributed by atoms with E-state index in [0.29, 0.717) is 16.8 Å². The molecule has 0 amide bonds. The minimum atomic E-state index is 0.377. The van der Waals surface area contributed by atoms with Gasteiger partial charge in [-0.2, -0.15) is 0 Å². The normalized spacial score (nSPS) is 22.2. The summed E-state index contributed by atoms with van der Waals surface area (Å²) in [5.74, 6) is 0.377. The first-order chi connectivity index (χ1) is 6.77. The third kappa shape index (κ3) is 1.99. The van der Waals surface area contributed by atoms with Gasteiger partial charge in [-0.1, -0.05) is 11.6 Å². The molecule has 1 aromatic heterocycles. The standard InChI is InChI=1S/C10H13ClN2O/c11-10-8(12)3-4-9(13-10)7-2-1-5-14-6-7/h3-4,7H,1-2,5-6,12H2. The Morgan fingerprint density at radius 3 is 3.00 bits per heavy atom. The van der Waals surface area contributed by atoms with Gasteiger partial charge in [0.05, 0.1) is 12.3 Å². The van der Waals surface area contributed by atoms with Gasteiger partial charge in [0, 0.05) is 18.2 Å². The fourth-order valence-electron chi connectivity index (χ4n) is 1.66. The summed E-state index contributed by atoms with van der Waals surface area (Å²) in [5, 5.41) is 0.396. The third-order valence-electron chi connectivity index (χ3n) is 2.48. The summed E-state index contributed by atoms with van der Waals surface area (Å²) in [6.07, 6.45) is 2.21. The van der Waals surface area contributed by atoms with Gasteiger partial charge >= 0.3 is 0 Å². The van der Waals surface area contributed by atoms with Crippen LogP contribution in [0.5, 0.6) is 0 Å². The highest BCUT2D eigenvalue weighted by atomic mass is 35.5. The van der Waals surface area contributed by atoms with Crippen LogP contribution in [0.2, 0.25) is 5.15 Å². The fraction of sp³-hybridized carbons (Fsp3) is 0.500. The molecular weight excluding hydrogens is 200 g/mol. The lowest BCUT2D eigenvalue weighted by atomic mass is 9.98. The van der Waals surface area contributed by atoms with Gasteiger partial charge in [-0.05, 0) is 25.0 Å². The van der Waals surface area contributed by atoms with Crippen LogP contribution in [-0.4, -0.2) is 18.2 Å². The molecule has 2 N–H and O–H groups in total. The number of ether oxygens (including phenoxy) is 1. The lowest BCUT2D eigenvalue weighted by Crippen LogP contribution is -2.16. The molecule has 4 heteroatoms. The lowest BCUT2D eigenvalue weighted by molar-refractivity contribution is 0.0793. The second-order valence-corrected chi connectivity index (χ2v) is 3.89. The lowest BCUT2D eigenvalue weighted by Gasteiger charge is -2.21. The molecule has 1 fully saturated rings. The highest BCUT2D eigenvalue weighted by molar-refractivity contribution is 6.31. The summed E-state index contributed by atoms with van der Waals surface area (Å²) >= 11 is 5.86. The van der Waals surface area contributed by atoms with Crippen molar-refractivity contribution in [2.24, 2.45) is 0 Å². The van der Waals surface area contributed by atoms with E-state index in [4.69, 9.17) is 22.1 Å². The van der Waals surface area contributed by atoms with Crippen LogP contribution in [0, 0.1) is 0 Å². The number of hydrogen-bond acceptors (Lipinski definition) is 3. The molecule has 0 saturated carbocycles. The smallest absolute Gasteiger partial charge is 0.152 e. The van der Waals surface area contributed by atoms with Crippen molar-refractivity contribution in [3.8, 4) is 0 Å². The Bertz CT molecular complexity index is 324. The quantitative estimate of drug-likeness (QED) is 0.727. The van der Waals surface area contributed by atoms with Gasteiger partial charge in [-0.3, -0.25) is 0 Å². The zero-order valence-electron chi connectivity index (χ0n) is 7.87. The molecule has 1 saturated heterocycles. The van der Waals surface area contributed by atoms with Gasteiger partial charge in [-0.15, -0.1) is 0 Å². The molecule has 3 nitrogen and oxygen atoms in total. The maximum absolute atomic E-state index is 5.86. The molecule has 0 radical (unpaired) electrons. The van der Waals surface area contributed by atoms with E-state index in [0.717, 1.165) is 31.7 Å². The number of nitrogens with two attached hydrogens (primary N) is 1. The Labute approximate surface area is 88.2 Å². The Morgan fingerprint density at radius 1 is 1.50 bits per heavy atom. The van der Waals surface area contributed by atoms with Crippen LogP contribution in [0.1, 0.15) is 24.5 Å². The van der Waals surface area contributed by atoms with Gasteiger partial charge in [0.25, 0.3) is 0 Å². The van der Waals surface area contributed by atoms with Crippen molar-refractivity contribution >= 4 is 17.3 Å². The van der Waals surface area contributed by atoms with E-state index in [2.05, 4.69) is 4.98 Å². The van der Waals surface area contributed by atoms with Gasteiger partial charge in [-0.25, -0.2) is 4.98 Å². The number of anilines is 1. The SMILES string of the molecule is Nc1ccc(C2CCCOC2)nc1Cl. The highest BCUT2D eigenvalue weighted by Gasteiger charge is 2.17. The monoisotopic (exact) mass is 212 g/mol. The first-order valence-electron chi connectivity index (χ1n) is 4.77. The van der Waals surface area contributed by atoms with Gasteiger partial charge < -0.3 is 10.5 Å². The molecule has 0 bridgehead atoms. The maximum Gasteiger partial charge on any atom is 0.152 e. The molecule has 0 spiro atoms. The van der Waals surface area contributed by atoms with Crippen LogP contribution in [-0.2, 0) is 4.74 Å². The highest BCUT2D eigenvalue weighted by Crippen LogP contribution is 2.26. The van der Waals surface area contributed by atoms with E-state index in [1.165, 1.54) is 0 Å². The van der Waals surface area contributed by atoms with Crippen LogP contribution in [0.25, 0.3) is 0 Å². The van der Waals surface area contributed by atoms with Crippen molar-refractivity contribution < 1.29 is 4.74 Å². The van der Waals surface area contributed by atoms with Crippen molar-refractivity contribution in [1.29, 1.82) is 0 Å². The van der Waals surface area contributed by atoms with E-state index >= 15 is 0 Å². The summed E-state index contributed by atoms with van der Waals surface area (Å²) in [4.78, 5) is 4.26. The molecule has 1 atom stereocenters. The Morgan fingerprint density at radius 2 is 2.36 bits per heavy atom. The summed E-state index contributed by atoms with van der Waals surface area (Å²) < 4.78 is 5.39. The van der Waals surface area contributed by atoms with Crippen molar-refractivity contribution in [1.82, 2.24) is 4.98 Å². The maximum atomic E-state index is 5.86.